The van der Waals surface area contributed by atoms with Gasteiger partial charge in [-0.05, 0) is 32.0 Å². The van der Waals surface area contributed by atoms with Gasteiger partial charge in [0.25, 0.3) is 0 Å². The number of aromatic nitrogens is 3. The zero-order chi connectivity index (χ0) is 13.3. The number of hydrogen-bond acceptors (Lipinski definition) is 3. The fourth-order valence-electron chi connectivity index (χ4n) is 1.86. The Morgan fingerprint density at radius 2 is 2.11 bits per heavy atom. The summed E-state index contributed by atoms with van der Waals surface area (Å²) in [5.74, 6) is 1.55. The van der Waals surface area contributed by atoms with Gasteiger partial charge in [0.15, 0.2) is 5.82 Å². The first-order valence-corrected chi connectivity index (χ1v) is 6.81. The SMILES string of the molecule is CC(C)n1c(CN)nnc1-c1cc(Cl)ccc1Br. The molecule has 0 amide bonds. The molecule has 0 atom stereocenters. The van der Waals surface area contributed by atoms with Gasteiger partial charge in [-0.2, -0.15) is 0 Å². The maximum atomic E-state index is 6.04. The second-order valence-electron chi connectivity index (χ2n) is 4.23. The lowest BCUT2D eigenvalue weighted by Gasteiger charge is -2.14. The highest BCUT2D eigenvalue weighted by Crippen LogP contribution is 2.31. The van der Waals surface area contributed by atoms with Crippen LogP contribution in [0.3, 0.4) is 0 Å². The summed E-state index contributed by atoms with van der Waals surface area (Å²) >= 11 is 9.55. The third kappa shape index (κ3) is 2.43. The minimum atomic E-state index is 0.236. The predicted octanol–water partition coefficient (Wildman–Crippen LogP) is 3.40. The number of nitrogens with zero attached hydrogens (tertiary/aromatic N) is 3. The van der Waals surface area contributed by atoms with Crippen molar-refractivity contribution in [3.05, 3.63) is 33.5 Å². The highest BCUT2D eigenvalue weighted by atomic mass is 79.9. The van der Waals surface area contributed by atoms with Crippen molar-refractivity contribution in [1.82, 2.24) is 14.8 Å². The van der Waals surface area contributed by atoms with Gasteiger partial charge in [-0.15, -0.1) is 10.2 Å². The molecule has 0 aliphatic carbocycles. The molecule has 6 heteroatoms. The van der Waals surface area contributed by atoms with Gasteiger partial charge in [0.2, 0.25) is 0 Å². The van der Waals surface area contributed by atoms with Crippen molar-refractivity contribution in [3.63, 3.8) is 0 Å². The van der Waals surface area contributed by atoms with Crippen molar-refractivity contribution >= 4 is 27.5 Å². The summed E-state index contributed by atoms with van der Waals surface area (Å²) in [7, 11) is 0. The smallest absolute Gasteiger partial charge is 0.165 e. The molecular weight excluding hydrogens is 316 g/mol. The van der Waals surface area contributed by atoms with Crippen LogP contribution in [0.25, 0.3) is 11.4 Å². The van der Waals surface area contributed by atoms with Gasteiger partial charge in [-0.25, -0.2) is 0 Å². The number of benzene rings is 1. The van der Waals surface area contributed by atoms with Crippen molar-refractivity contribution in [2.24, 2.45) is 5.73 Å². The van der Waals surface area contributed by atoms with Crippen LogP contribution in [0.15, 0.2) is 22.7 Å². The van der Waals surface area contributed by atoms with Crippen LogP contribution in [0.4, 0.5) is 0 Å². The lowest BCUT2D eigenvalue weighted by molar-refractivity contribution is 0.574. The summed E-state index contributed by atoms with van der Waals surface area (Å²) in [5.41, 5.74) is 6.61. The monoisotopic (exact) mass is 328 g/mol. The van der Waals surface area contributed by atoms with Gasteiger partial charge in [-0.3, -0.25) is 0 Å². The highest BCUT2D eigenvalue weighted by Gasteiger charge is 2.17. The average Bonchev–Trinajstić information content (AvgIpc) is 2.75. The van der Waals surface area contributed by atoms with E-state index < -0.39 is 0 Å². The molecule has 1 heterocycles. The first-order chi connectivity index (χ1) is 8.54. The molecule has 0 radical (unpaired) electrons. The molecule has 1 aromatic carbocycles. The number of hydrogen-bond donors (Lipinski definition) is 1. The van der Waals surface area contributed by atoms with Gasteiger partial charge in [0, 0.05) is 21.1 Å². The van der Waals surface area contributed by atoms with E-state index in [1.807, 2.05) is 22.8 Å². The summed E-state index contributed by atoms with van der Waals surface area (Å²) < 4.78 is 2.96. The van der Waals surface area contributed by atoms with Crippen LogP contribution in [-0.2, 0) is 6.54 Å². The largest absolute Gasteiger partial charge is 0.324 e. The quantitative estimate of drug-likeness (QED) is 0.939. The van der Waals surface area contributed by atoms with E-state index in [1.54, 1.807) is 0 Å². The molecule has 0 unspecified atom stereocenters. The second kappa shape index (κ2) is 5.38. The van der Waals surface area contributed by atoms with Crippen LogP contribution in [-0.4, -0.2) is 14.8 Å². The van der Waals surface area contributed by atoms with E-state index in [2.05, 4.69) is 40.0 Å². The van der Waals surface area contributed by atoms with Gasteiger partial charge in [-0.1, -0.05) is 27.5 Å². The van der Waals surface area contributed by atoms with Crippen LogP contribution in [0, 0.1) is 0 Å². The molecule has 1 aromatic heterocycles. The van der Waals surface area contributed by atoms with Crippen molar-refractivity contribution in [2.45, 2.75) is 26.4 Å². The number of halogens is 2. The topological polar surface area (TPSA) is 56.7 Å². The molecule has 96 valence electrons. The Bertz CT molecular complexity index is 565. The molecule has 2 aromatic rings. The van der Waals surface area contributed by atoms with Crippen LogP contribution < -0.4 is 5.73 Å². The Kier molecular flexibility index (Phi) is 4.04. The van der Waals surface area contributed by atoms with Gasteiger partial charge >= 0.3 is 0 Å². The average molecular weight is 330 g/mol. The van der Waals surface area contributed by atoms with Crippen LogP contribution in [0.2, 0.25) is 5.02 Å². The van der Waals surface area contributed by atoms with Gasteiger partial charge in [0.1, 0.15) is 5.82 Å². The normalized spacial score (nSPS) is 11.2. The van der Waals surface area contributed by atoms with Crippen molar-refractivity contribution in [3.8, 4) is 11.4 Å². The lowest BCUT2D eigenvalue weighted by Crippen LogP contribution is -2.11. The van der Waals surface area contributed by atoms with E-state index in [4.69, 9.17) is 17.3 Å². The molecule has 0 spiro atoms. The minimum absolute atomic E-state index is 0.236. The Balaban J connectivity index is 2.63. The van der Waals surface area contributed by atoms with Crippen molar-refractivity contribution in [2.75, 3.05) is 0 Å². The molecule has 4 nitrogen and oxygen atoms in total. The van der Waals surface area contributed by atoms with Crippen molar-refractivity contribution < 1.29 is 0 Å². The van der Waals surface area contributed by atoms with E-state index in [-0.39, 0.29) is 6.04 Å². The van der Waals surface area contributed by atoms with E-state index in [9.17, 15) is 0 Å². The second-order valence-corrected chi connectivity index (χ2v) is 5.52. The maximum Gasteiger partial charge on any atom is 0.165 e. The maximum absolute atomic E-state index is 6.04. The van der Waals surface area contributed by atoms with Crippen LogP contribution >= 0.6 is 27.5 Å². The lowest BCUT2D eigenvalue weighted by atomic mass is 10.2. The summed E-state index contributed by atoms with van der Waals surface area (Å²) in [6.45, 7) is 4.51. The molecule has 0 fully saturated rings. The van der Waals surface area contributed by atoms with E-state index >= 15 is 0 Å². The zero-order valence-corrected chi connectivity index (χ0v) is 12.5. The first-order valence-electron chi connectivity index (χ1n) is 5.64. The molecule has 0 aliphatic heterocycles. The molecule has 18 heavy (non-hydrogen) atoms. The third-order valence-electron chi connectivity index (χ3n) is 2.63. The zero-order valence-electron chi connectivity index (χ0n) is 10.2. The number of rotatable bonds is 3. The van der Waals surface area contributed by atoms with Crippen LogP contribution in [0.5, 0.6) is 0 Å². The van der Waals surface area contributed by atoms with E-state index in [0.717, 1.165) is 21.7 Å². The molecule has 0 aliphatic rings. The predicted molar refractivity (Wildman–Crippen MR) is 76.4 cm³/mol. The van der Waals surface area contributed by atoms with Crippen molar-refractivity contribution in [1.29, 1.82) is 0 Å². The molecule has 0 bridgehead atoms. The first kappa shape index (κ1) is 13.5. The van der Waals surface area contributed by atoms with E-state index in [1.165, 1.54) is 0 Å². The number of nitrogens with two attached hydrogens (primary N) is 1. The van der Waals surface area contributed by atoms with E-state index in [0.29, 0.717) is 11.6 Å². The fraction of sp³-hybridized carbons (Fsp3) is 0.333. The Morgan fingerprint density at radius 3 is 2.72 bits per heavy atom. The fourth-order valence-corrected chi connectivity index (χ4v) is 2.45. The summed E-state index contributed by atoms with van der Waals surface area (Å²) in [4.78, 5) is 0. The van der Waals surface area contributed by atoms with Crippen LogP contribution in [0.1, 0.15) is 25.7 Å². The standard InChI is InChI=1S/C12H14BrClN4/c1-7(2)18-11(6-15)16-17-12(18)9-5-8(14)3-4-10(9)13/h3-5,7H,6,15H2,1-2H3. The Hall–Kier alpha value is -0.910. The highest BCUT2D eigenvalue weighted by molar-refractivity contribution is 9.10. The molecule has 2 N–H and O–H groups in total. The Labute approximate surface area is 119 Å². The summed E-state index contributed by atoms with van der Waals surface area (Å²) in [5, 5.41) is 9.02. The minimum Gasteiger partial charge on any atom is -0.324 e. The summed E-state index contributed by atoms with van der Waals surface area (Å²) in [6.07, 6.45) is 0. The molecule has 2 rings (SSSR count). The molecule has 0 saturated heterocycles. The van der Waals surface area contributed by atoms with Gasteiger partial charge < -0.3 is 10.3 Å². The molecule has 0 saturated carbocycles. The Morgan fingerprint density at radius 1 is 1.39 bits per heavy atom. The summed E-state index contributed by atoms with van der Waals surface area (Å²) in [6, 6.07) is 5.84. The third-order valence-corrected chi connectivity index (χ3v) is 3.56. The molecular formula is C12H14BrClN4. The van der Waals surface area contributed by atoms with Gasteiger partial charge in [0.05, 0.1) is 6.54 Å².